The van der Waals surface area contributed by atoms with E-state index < -0.39 is 12.0 Å². The van der Waals surface area contributed by atoms with E-state index in [0.717, 1.165) is 0 Å². The molecule has 100 valence electrons. The average Bonchev–Trinajstić information content (AvgIpc) is 2.13. The SMILES string of the molecule is CC(C)CC(NCCC(=O)NC(C)C)C(=O)O. The lowest BCUT2D eigenvalue weighted by Crippen LogP contribution is -2.40. The zero-order valence-corrected chi connectivity index (χ0v) is 11.1. The third kappa shape index (κ3) is 8.68. The summed E-state index contributed by atoms with van der Waals surface area (Å²) < 4.78 is 0. The second kappa shape index (κ2) is 8.06. The first kappa shape index (κ1) is 15.9. The third-order valence-electron chi connectivity index (χ3n) is 2.20. The van der Waals surface area contributed by atoms with Crippen LogP contribution in [0.2, 0.25) is 0 Å². The van der Waals surface area contributed by atoms with Crippen LogP contribution in [-0.4, -0.2) is 35.6 Å². The van der Waals surface area contributed by atoms with E-state index in [9.17, 15) is 9.59 Å². The molecular formula is C12H24N2O3. The Morgan fingerprint density at radius 1 is 1.18 bits per heavy atom. The van der Waals surface area contributed by atoms with E-state index in [1.54, 1.807) is 0 Å². The molecule has 0 aromatic rings. The predicted octanol–water partition coefficient (Wildman–Crippen LogP) is 0.990. The summed E-state index contributed by atoms with van der Waals surface area (Å²) in [5.74, 6) is -0.600. The van der Waals surface area contributed by atoms with Crippen molar-refractivity contribution < 1.29 is 14.7 Å². The fraction of sp³-hybridized carbons (Fsp3) is 0.833. The molecule has 0 rings (SSSR count). The number of amides is 1. The first-order valence-electron chi connectivity index (χ1n) is 6.08. The van der Waals surface area contributed by atoms with Gasteiger partial charge >= 0.3 is 5.97 Å². The molecule has 0 saturated carbocycles. The van der Waals surface area contributed by atoms with Crippen molar-refractivity contribution in [2.75, 3.05) is 6.54 Å². The minimum atomic E-state index is -0.858. The molecule has 1 unspecified atom stereocenters. The largest absolute Gasteiger partial charge is 0.480 e. The lowest BCUT2D eigenvalue weighted by atomic mass is 10.0. The summed E-state index contributed by atoms with van der Waals surface area (Å²) in [4.78, 5) is 22.3. The van der Waals surface area contributed by atoms with Gasteiger partial charge in [0.2, 0.25) is 5.91 Å². The minimum Gasteiger partial charge on any atom is -0.480 e. The lowest BCUT2D eigenvalue weighted by molar-refractivity contribution is -0.140. The Morgan fingerprint density at radius 2 is 1.76 bits per heavy atom. The number of hydrogen-bond acceptors (Lipinski definition) is 3. The zero-order chi connectivity index (χ0) is 13.4. The fourth-order valence-electron chi connectivity index (χ4n) is 1.50. The monoisotopic (exact) mass is 244 g/mol. The molecule has 0 bridgehead atoms. The van der Waals surface area contributed by atoms with Gasteiger partial charge in [0.05, 0.1) is 0 Å². The summed E-state index contributed by atoms with van der Waals surface area (Å²) in [5.41, 5.74) is 0. The van der Waals surface area contributed by atoms with Crippen molar-refractivity contribution in [3.05, 3.63) is 0 Å². The maximum Gasteiger partial charge on any atom is 0.320 e. The molecule has 3 N–H and O–H groups in total. The maximum atomic E-state index is 11.3. The second-order valence-electron chi connectivity index (χ2n) is 4.95. The molecule has 5 nitrogen and oxygen atoms in total. The Kier molecular flexibility index (Phi) is 7.54. The van der Waals surface area contributed by atoms with Crippen LogP contribution in [0.15, 0.2) is 0 Å². The van der Waals surface area contributed by atoms with Gasteiger partial charge in [-0.2, -0.15) is 0 Å². The van der Waals surface area contributed by atoms with Gasteiger partial charge in [0.25, 0.3) is 0 Å². The number of carboxylic acids is 1. The van der Waals surface area contributed by atoms with Gasteiger partial charge < -0.3 is 15.7 Å². The summed E-state index contributed by atoms with van der Waals surface area (Å²) in [6.07, 6.45) is 0.876. The van der Waals surface area contributed by atoms with Gasteiger partial charge in [-0.15, -0.1) is 0 Å². The lowest BCUT2D eigenvalue weighted by Gasteiger charge is -2.16. The number of carbonyl (C=O) groups is 2. The van der Waals surface area contributed by atoms with Crippen molar-refractivity contribution in [2.24, 2.45) is 5.92 Å². The van der Waals surface area contributed by atoms with Crippen LogP contribution in [-0.2, 0) is 9.59 Å². The van der Waals surface area contributed by atoms with Gasteiger partial charge in [-0.25, -0.2) is 0 Å². The smallest absolute Gasteiger partial charge is 0.320 e. The van der Waals surface area contributed by atoms with Crippen LogP contribution < -0.4 is 10.6 Å². The Labute approximate surface area is 103 Å². The number of hydrogen-bond donors (Lipinski definition) is 3. The van der Waals surface area contributed by atoms with Crippen molar-refractivity contribution in [3.63, 3.8) is 0 Å². The van der Waals surface area contributed by atoms with E-state index in [2.05, 4.69) is 10.6 Å². The van der Waals surface area contributed by atoms with Gasteiger partial charge in [-0.05, 0) is 26.2 Å². The van der Waals surface area contributed by atoms with E-state index in [4.69, 9.17) is 5.11 Å². The van der Waals surface area contributed by atoms with Gasteiger partial charge in [0.15, 0.2) is 0 Å². The molecular weight excluding hydrogens is 220 g/mol. The van der Waals surface area contributed by atoms with Crippen LogP contribution in [0.3, 0.4) is 0 Å². The Hall–Kier alpha value is -1.10. The van der Waals surface area contributed by atoms with Crippen molar-refractivity contribution in [1.29, 1.82) is 0 Å². The maximum absolute atomic E-state index is 11.3. The quantitative estimate of drug-likeness (QED) is 0.595. The van der Waals surface area contributed by atoms with Gasteiger partial charge in [0, 0.05) is 19.0 Å². The van der Waals surface area contributed by atoms with E-state index in [1.165, 1.54) is 0 Å². The Balaban J connectivity index is 3.90. The molecule has 0 aromatic heterocycles. The molecule has 0 aliphatic rings. The highest BCUT2D eigenvalue weighted by atomic mass is 16.4. The number of nitrogens with one attached hydrogen (secondary N) is 2. The molecule has 0 spiro atoms. The third-order valence-corrected chi connectivity index (χ3v) is 2.20. The van der Waals surface area contributed by atoms with E-state index >= 15 is 0 Å². The van der Waals surface area contributed by atoms with Gasteiger partial charge in [-0.1, -0.05) is 13.8 Å². The van der Waals surface area contributed by atoms with Crippen LogP contribution in [0.5, 0.6) is 0 Å². The molecule has 1 atom stereocenters. The minimum absolute atomic E-state index is 0.0545. The molecule has 0 aromatic carbocycles. The first-order chi connectivity index (χ1) is 7.82. The molecule has 5 heteroatoms. The molecule has 0 heterocycles. The van der Waals surface area contributed by atoms with Gasteiger partial charge in [0.1, 0.15) is 6.04 Å². The number of aliphatic carboxylic acids is 1. The van der Waals surface area contributed by atoms with Gasteiger partial charge in [-0.3, -0.25) is 9.59 Å². The molecule has 0 saturated heterocycles. The summed E-state index contributed by atoms with van der Waals surface area (Å²) in [6.45, 7) is 8.13. The molecule has 0 aliphatic heterocycles. The highest BCUT2D eigenvalue weighted by molar-refractivity contribution is 5.76. The van der Waals surface area contributed by atoms with Crippen molar-refractivity contribution in [1.82, 2.24) is 10.6 Å². The van der Waals surface area contributed by atoms with E-state index in [0.29, 0.717) is 25.3 Å². The van der Waals surface area contributed by atoms with Crippen molar-refractivity contribution in [2.45, 2.75) is 52.6 Å². The predicted molar refractivity (Wildman–Crippen MR) is 66.8 cm³/mol. The highest BCUT2D eigenvalue weighted by Crippen LogP contribution is 2.04. The summed E-state index contributed by atoms with van der Waals surface area (Å²) in [5, 5.41) is 14.6. The molecule has 1 amide bonds. The molecule has 0 fully saturated rings. The first-order valence-corrected chi connectivity index (χ1v) is 6.08. The van der Waals surface area contributed by atoms with Crippen LogP contribution in [0.1, 0.15) is 40.5 Å². The summed E-state index contributed by atoms with van der Waals surface area (Å²) >= 11 is 0. The van der Waals surface area contributed by atoms with Crippen LogP contribution in [0.25, 0.3) is 0 Å². The van der Waals surface area contributed by atoms with Crippen LogP contribution in [0.4, 0.5) is 0 Å². The molecule has 0 radical (unpaired) electrons. The van der Waals surface area contributed by atoms with E-state index in [1.807, 2.05) is 27.7 Å². The van der Waals surface area contributed by atoms with Crippen LogP contribution >= 0.6 is 0 Å². The topological polar surface area (TPSA) is 78.4 Å². The molecule has 17 heavy (non-hydrogen) atoms. The second-order valence-corrected chi connectivity index (χ2v) is 4.95. The normalized spacial score (nSPS) is 12.8. The van der Waals surface area contributed by atoms with Crippen molar-refractivity contribution in [3.8, 4) is 0 Å². The Morgan fingerprint density at radius 3 is 2.18 bits per heavy atom. The summed E-state index contributed by atoms with van der Waals surface area (Å²) in [6, 6.07) is -0.449. The van der Waals surface area contributed by atoms with Crippen LogP contribution in [0, 0.1) is 5.92 Å². The number of carbonyl (C=O) groups excluding carboxylic acids is 1. The number of carboxylic acid groups (broad SMARTS) is 1. The average molecular weight is 244 g/mol. The highest BCUT2D eigenvalue weighted by Gasteiger charge is 2.18. The molecule has 0 aliphatic carbocycles. The Bertz CT molecular complexity index is 252. The van der Waals surface area contributed by atoms with E-state index in [-0.39, 0.29) is 11.9 Å². The number of rotatable bonds is 8. The van der Waals surface area contributed by atoms with Crippen molar-refractivity contribution >= 4 is 11.9 Å². The standard InChI is InChI=1S/C12H24N2O3/c1-8(2)7-10(12(16)17)13-6-5-11(15)14-9(3)4/h8-10,13H,5-7H2,1-4H3,(H,14,15)(H,16,17). The zero-order valence-electron chi connectivity index (χ0n) is 11.1. The summed E-state index contributed by atoms with van der Waals surface area (Å²) in [7, 11) is 0. The fourth-order valence-corrected chi connectivity index (χ4v) is 1.50.